The van der Waals surface area contributed by atoms with Gasteiger partial charge in [-0.2, -0.15) is 0 Å². The summed E-state index contributed by atoms with van der Waals surface area (Å²) < 4.78 is 5.00. The average Bonchev–Trinajstić information content (AvgIpc) is 2.28. The van der Waals surface area contributed by atoms with Gasteiger partial charge in [0, 0.05) is 24.5 Å². The molecule has 1 aromatic carbocycles. The fourth-order valence-corrected chi connectivity index (χ4v) is 1.59. The number of benzene rings is 1. The molecule has 0 bridgehead atoms. The quantitative estimate of drug-likeness (QED) is 0.563. The SMILES string of the molecule is CCCC(=O)Cc1cc(OC)ccc1[N+](=O)[O-]. The first-order valence-corrected chi connectivity index (χ1v) is 5.41. The van der Waals surface area contributed by atoms with E-state index in [1.54, 1.807) is 6.07 Å². The highest BCUT2D eigenvalue weighted by Crippen LogP contribution is 2.24. The van der Waals surface area contributed by atoms with E-state index in [1.165, 1.54) is 19.2 Å². The molecule has 92 valence electrons. The minimum atomic E-state index is -0.478. The van der Waals surface area contributed by atoms with Crippen LogP contribution in [0, 0.1) is 10.1 Å². The molecule has 17 heavy (non-hydrogen) atoms. The molecule has 5 heteroatoms. The topological polar surface area (TPSA) is 69.4 Å². The second kappa shape index (κ2) is 5.98. The van der Waals surface area contributed by atoms with Gasteiger partial charge in [0.1, 0.15) is 11.5 Å². The van der Waals surface area contributed by atoms with E-state index in [0.717, 1.165) is 6.42 Å². The van der Waals surface area contributed by atoms with Crippen LogP contribution in [0.25, 0.3) is 0 Å². The minimum absolute atomic E-state index is 0.00357. The van der Waals surface area contributed by atoms with Crippen molar-refractivity contribution in [3.05, 3.63) is 33.9 Å². The molecule has 0 spiro atoms. The monoisotopic (exact) mass is 237 g/mol. The van der Waals surface area contributed by atoms with E-state index >= 15 is 0 Å². The summed E-state index contributed by atoms with van der Waals surface area (Å²) in [4.78, 5) is 21.9. The molecule has 0 aromatic heterocycles. The maximum atomic E-state index is 11.5. The van der Waals surface area contributed by atoms with E-state index in [9.17, 15) is 14.9 Å². The first-order valence-electron chi connectivity index (χ1n) is 5.41. The highest BCUT2D eigenvalue weighted by Gasteiger charge is 2.16. The summed E-state index contributed by atoms with van der Waals surface area (Å²) in [6.45, 7) is 1.90. The molecule has 0 aliphatic carbocycles. The molecule has 0 unspecified atom stereocenters. The second-order valence-electron chi connectivity index (χ2n) is 3.72. The van der Waals surface area contributed by atoms with Crippen molar-refractivity contribution in [3.8, 4) is 5.75 Å². The van der Waals surface area contributed by atoms with Crippen LogP contribution in [0.3, 0.4) is 0 Å². The average molecular weight is 237 g/mol. The van der Waals surface area contributed by atoms with Crippen molar-refractivity contribution < 1.29 is 14.5 Å². The summed E-state index contributed by atoms with van der Waals surface area (Å²) in [7, 11) is 1.48. The van der Waals surface area contributed by atoms with Gasteiger partial charge in [-0.15, -0.1) is 0 Å². The van der Waals surface area contributed by atoms with Crippen molar-refractivity contribution in [1.82, 2.24) is 0 Å². The number of carbonyl (C=O) groups excluding carboxylic acids is 1. The third kappa shape index (κ3) is 3.55. The summed E-state index contributed by atoms with van der Waals surface area (Å²) in [5.41, 5.74) is 0.378. The Morgan fingerprint density at radius 3 is 2.71 bits per heavy atom. The van der Waals surface area contributed by atoms with E-state index in [4.69, 9.17) is 4.74 Å². The lowest BCUT2D eigenvalue weighted by atomic mass is 10.0. The third-order valence-corrected chi connectivity index (χ3v) is 2.40. The number of nitrogens with zero attached hydrogens (tertiary/aromatic N) is 1. The molecule has 0 aliphatic heterocycles. The Hall–Kier alpha value is -1.91. The van der Waals surface area contributed by atoms with E-state index in [2.05, 4.69) is 0 Å². The molecule has 5 nitrogen and oxygen atoms in total. The molecule has 0 saturated carbocycles. The van der Waals surface area contributed by atoms with E-state index in [0.29, 0.717) is 17.7 Å². The molecule has 0 aliphatic rings. The fourth-order valence-electron chi connectivity index (χ4n) is 1.59. The third-order valence-electron chi connectivity index (χ3n) is 2.40. The summed E-state index contributed by atoms with van der Waals surface area (Å²) in [6, 6.07) is 4.44. The number of nitro groups is 1. The summed E-state index contributed by atoms with van der Waals surface area (Å²) in [6.07, 6.45) is 1.27. The smallest absolute Gasteiger partial charge is 0.273 e. The van der Waals surface area contributed by atoms with Gasteiger partial charge in [0.15, 0.2) is 0 Å². The van der Waals surface area contributed by atoms with Crippen LogP contribution in [0.2, 0.25) is 0 Å². The molecule has 0 amide bonds. The van der Waals surface area contributed by atoms with Crippen LogP contribution in [0.1, 0.15) is 25.3 Å². The molecule has 1 aromatic rings. The van der Waals surface area contributed by atoms with Crippen LogP contribution in [-0.4, -0.2) is 17.8 Å². The summed E-state index contributed by atoms with van der Waals surface area (Å²) in [5, 5.41) is 10.8. The molecule has 1 rings (SSSR count). The van der Waals surface area contributed by atoms with Crippen LogP contribution in [0.4, 0.5) is 5.69 Å². The van der Waals surface area contributed by atoms with Crippen LogP contribution < -0.4 is 4.74 Å². The van der Waals surface area contributed by atoms with Crippen molar-refractivity contribution in [2.75, 3.05) is 7.11 Å². The number of ketones is 1. The zero-order valence-electron chi connectivity index (χ0n) is 9.93. The van der Waals surface area contributed by atoms with Crippen molar-refractivity contribution in [3.63, 3.8) is 0 Å². The van der Waals surface area contributed by atoms with Gasteiger partial charge >= 0.3 is 0 Å². The number of methoxy groups -OCH3 is 1. The van der Waals surface area contributed by atoms with E-state index < -0.39 is 4.92 Å². The molecular formula is C12H15NO4. The van der Waals surface area contributed by atoms with Crippen LogP contribution in [0.5, 0.6) is 5.75 Å². The van der Waals surface area contributed by atoms with Gasteiger partial charge in [-0.25, -0.2) is 0 Å². The van der Waals surface area contributed by atoms with Gasteiger partial charge in [-0.05, 0) is 18.6 Å². The Bertz CT molecular complexity index is 429. The highest BCUT2D eigenvalue weighted by molar-refractivity contribution is 5.82. The first-order chi connectivity index (χ1) is 8.08. The molecule has 0 N–H and O–H groups in total. The van der Waals surface area contributed by atoms with Crippen molar-refractivity contribution in [2.24, 2.45) is 0 Å². The normalized spacial score (nSPS) is 10.0. The van der Waals surface area contributed by atoms with Crippen LogP contribution >= 0.6 is 0 Å². The summed E-state index contributed by atoms with van der Waals surface area (Å²) >= 11 is 0. The predicted octanol–water partition coefficient (Wildman–Crippen LogP) is 2.52. The fraction of sp³-hybridized carbons (Fsp3) is 0.417. The Balaban J connectivity index is 3.00. The Morgan fingerprint density at radius 2 is 2.18 bits per heavy atom. The maximum absolute atomic E-state index is 11.5. The number of nitro benzene ring substituents is 1. The number of Topliss-reactive ketones (excluding diaryl/α,β-unsaturated/α-hetero) is 1. The van der Waals surface area contributed by atoms with E-state index in [1.807, 2.05) is 6.92 Å². The largest absolute Gasteiger partial charge is 0.497 e. The molecule has 0 heterocycles. The lowest BCUT2D eigenvalue weighted by molar-refractivity contribution is -0.385. The van der Waals surface area contributed by atoms with Crippen molar-refractivity contribution in [2.45, 2.75) is 26.2 Å². The zero-order chi connectivity index (χ0) is 12.8. The Kier molecular flexibility index (Phi) is 4.63. The Morgan fingerprint density at radius 1 is 1.47 bits per heavy atom. The molecule has 0 radical (unpaired) electrons. The Labute approximate surface area is 99.5 Å². The van der Waals surface area contributed by atoms with Crippen LogP contribution in [-0.2, 0) is 11.2 Å². The molecule has 0 atom stereocenters. The minimum Gasteiger partial charge on any atom is -0.497 e. The number of ether oxygens (including phenoxy) is 1. The maximum Gasteiger partial charge on any atom is 0.273 e. The first kappa shape index (κ1) is 13.2. The van der Waals surface area contributed by atoms with Gasteiger partial charge in [0.05, 0.1) is 12.0 Å². The number of rotatable bonds is 6. The summed E-state index contributed by atoms with van der Waals surface area (Å²) in [5.74, 6) is 0.527. The van der Waals surface area contributed by atoms with Gasteiger partial charge in [0.2, 0.25) is 0 Å². The molecule has 0 fully saturated rings. The van der Waals surface area contributed by atoms with Gasteiger partial charge < -0.3 is 4.74 Å². The predicted molar refractivity (Wildman–Crippen MR) is 63.3 cm³/mol. The van der Waals surface area contributed by atoms with Gasteiger partial charge in [-0.3, -0.25) is 14.9 Å². The van der Waals surface area contributed by atoms with Crippen molar-refractivity contribution in [1.29, 1.82) is 0 Å². The lowest BCUT2D eigenvalue weighted by Crippen LogP contribution is -2.05. The molecule has 0 saturated heterocycles. The van der Waals surface area contributed by atoms with E-state index in [-0.39, 0.29) is 17.9 Å². The molecular weight excluding hydrogens is 222 g/mol. The number of hydrogen-bond donors (Lipinski definition) is 0. The number of carbonyl (C=O) groups is 1. The zero-order valence-corrected chi connectivity index (χ0v) is 9.93. The standard InChI is InChI=1S/C12H15NO4/c1-3-4-10(14)7-9-8-11(17-2)5-6-12(9)13(15)16/h5-6,8H,3-4,7H2,1-2H3. The second-order valence-corrected chi connectivity index (χ2v) is 3.72. The van der Waals surface area contributed by atoms with Gasteiger partial charge in [0.25, 0.3) is 5.69 Å². The lowest BCUT2D eigenvalue weighted by Gasteiger charge is -2.05. The highest BCUT2D eigenvalue weighted by atomic mass is 16.6. The number of hydrogen-bond acceptors (Lipinski definition) is 4. The van der Waals surface area contributed by atoms with Gasteiger partial charge in [-0.1, -0.05) is 6.92 Å². The van der Waals surface area contributed by atoms with Crippen LogP contribution in [0.15, 0.2) is 18.2 Å². The van der Waals surface area contributed by atoms with Crippen molar-refractivity contribution >= 4 is 11.5 Å².